The van der Waals surface area contributed by atoms with Crippen LogP contribution in [0.1, 0.15) is 33.1 Å². The predicted octanol–water partition coefficient (Wildman–Crippen LogP) is 2.33. The van der Waals surface area contributed by atoms with Gasteiger partial charge in [-0.05, 0) is 19.8 Å². The lowest BCUT2D eigenvalue weighted by Crippen LogP contribution is -2.58. The Hall–Kier alpha value is -1.68. The summed E-state index contributed by atoms with van der Waals surface area (Å²) in [6.07, 6.45) is -9.45. The highest BCUT2D eigenvalue weighted by Gasteiger charge is 2.67. The van der Waals surface area contributed by atoms with E-state index in [0.29, 0.717) is 6.92 Å². The van der Waals surface area contributed by atoms with Crippen molar-refractivity contribution in [1.29, 1.82) is 0 Å². The third kappa shape index (κ3) is 6.40. The van der Waals surface area contributed by atoms with Crippen LogP contribution in [0.5, 0.6) is 0 Å². The van der Waals surface area contributed by atoms with Crippen molar-refractivity contribution in [3.63, 3.8) is 0 Å². The first-order valence-corrected chi connectivity index (χ1v) is 9.05. The molecule has 0 amide bonds. The molecule has 0 aromatic carbocycles. The fourth-order valence-corrected chi connectivity index (χ4v) is 2.28. The minimum atomic E-state index is -6.71. The Morgan fingerprint density at radius 2 is 1.52 bits per heavy atom. The average molecular weight is 465 g/mol. The highest BCUT2D eigenvalue weighted by Crippen LogP contribution is 2.42. The topological polar surface area (TPSA) is 119 Å². The van der Waals surface area contributed by atoms with Gasteiger partial charge in [0.05, 0.1) is 13.2 Å². The number of halogens is 7. The number of alkyl halides is 7. The summed E-state index contributed by atoms with van der Waals surface area (Å²) in [7, 11) is -6.71. The lowest BCUT2D eigenvalue weighted by Gasteiger charge is -2.32. The zero-order chi connectivity index (χ0) is 23.3. The Balaban J connectivity index is 5.23. The first-order valence-electron chi connectivity index (χ1n) is 7.64. The second kappa shape index (κ2) is 9.42. The molecule has 0 fully saturated rings. The van der Waals surface area contributed by atoms with Crippen LogP contribution < -0.4 is 0 Å². The molecule has 0 rings (SSSR count). The van der Waals surface area contributed by atoms with Crippen LogP contribution in [-0.4, -0.2) is 61.3 Å². The van der Waals surface area contributed by atoms with Crippen LogP contribution in [0, 0.1) is 0 Å². The first kappa shape index (κ1) is 27.3. The largest absolute Gasteiger partial charge is 0.743 e. The van der Waals surface area contributed by atoms with Crippen molar-refractivity contribution >= 4 is 22.1 Å². The van der Waals surface area contributed by atoms with E-state index < -0.39 is 77.7 Å². The van der Waals surface area contributed by atoms with Crippen LogP contribution >= 0.6 is 0 Å². The monoisotopic (exact) mass is 465 g/mol. The summed E-state index contributed by atoms with van der Waals surface area (Å²) >= 11 is 0. The van der Waals surface area contributed by atoms with Crippen molar-refractivity contribution in [3.05, 3.63) is 0 Å². The molecule has 0 saturated heterocycles. The molecule has 16 heteroatoms. The second-order valence-corrected chi connectivity index (χ2v) is 6.83. The molecule has 0 aromatic rings. The SMILES string of the molecule is CCOC(=O)C(OCCCCC(F)(F)C(F)(F)S(=O)(=O)[O-])(OC(C)=O)C(F)(F)F. The van der Waals surface area contributed by atoms with E-state index in [1.165, 1.54) is 0 Å². The molecule has 0 spiro atoms. The molecule has 1 atom stereocenters. The average Bonchev–Trinajstić information content (AvgIpc) is 2.50. The quantitative estimate of drug-likeness (QED) is 0.150. The zero-order valence-electron chi connectivity index (χ0n) is 14.9. The summed E-state index contributed by atoms with van der Waals surface area (Å²) < 4.78 is 135. The fraction of sp³-hybridized carbons (Fsp3) is 0.846. The molecule has 29 heavy (non-hydrogen) atoms. The van der Waals surface area contributed by atoms with E-state index in [-0.39, 0.29) is 0 Å². The number of hydrogen-bond acceptors (Lipinski definition) is 8. The van der Waals surface area contributed by atoms with Crippen molar-refractivity contribution in [2.45, 2.75) is 56.3 Å². The number of unbranched alkanes of at least 4 members (excludes halogenated alkanes) is 1. The normalized spacial score (nSPS) is 15.5. The van der Waals surface area contributed by atoms with E-state index in [4.69, 9.17) is 0 Å². The summed E-state index contributed by atoms with van der Waals surface area (Å²) in [6, 6.07) is 0. The van der Waals surface area contributed by atoms with E-state index in [1.807, 2.05) is 0 Å². The van der Waals surface area contributed by atoms with Gasteiger partial charge in [0.15, 0.2) is 10.1 Å². The number of esters is 2. The van der Waals surface area contributed by atoms with Crippen LogP contribution in [0.3, 0.4) is 0 Å². The maximum atomic E-state index is 13.3. The Bertz CT molecular complexity index is 692. The molecule has 0 aliphatic carbocycles. The van der Waals surface area contributed by atoms with Crippen molar-refractivity contribution < 1.29 is 67.5 Å². The molecule has 1 unspecified atom stereocenters. The molecule has 0 bridgehead atoms. The van der Waals surface area contributed by atoms with Gasteiger partial charge in [-0.2, -0.15) is 30.7 Å². The van der Waals surface area contributed by atoms with Gasteiger partial charge in [0.25, 0.3) is 0 Å². The van der Waals surface area contributed by atoms with Crippen LogP contribution in [0.2, 0.25) is 0 Å². The van der Waals surface area contributed by atoms with Gasteiger partial charge in [-0.3, -0.25) is 4.79 Å². The van der Waals surface area contributed by atoms with Crippen molar-refractivity contribution in [2.75, 3.05) is 13.2 Å². The molecule has 0 heterocycles. The Morgan fingerprint density at radius 1 is 1.00 bits per heavy atom. The van der Waals surface area contributed by atoms with Gasteiger partial charge < -0.3 is 18.8 Å². The standard InChI is InChI=1S/C13H17F7O8S/c1-3-26-9(22)11(12(16,17)18,28-8(2)21)27-7-5-4-6-10(14,15)13(19,20)29(23,24)25/h3-7H2,1-2H3,(H,23,24,25)/p-1. The molecular formula is C13H16F7O8S-. The van der Waals surface area contributed by atoms with E-state index in [9.17, 15) is 53.3 Å². The van der Waals surface area contributed by atoms with Gasteiger partial charge >= 0.3 is 35.1 Å². The Morgan fingerprint density at radius 3 is 1.90 bits per heavy atom. The minimum Gasteiger partial charge on any atom is -0.743 e. The molecule has 0 aliphatic heterocycles. The van der Waals surface area contributed by atoms with Gasteiger partial charge in [0.1, 0.15) is 0 Å². The number of hydrogen-bond donors (Lipinski definition) is 0. The number of carbonyl (C=O) groups excluding carboxylic acids is 2. The van der Waals surface area contributed by atoms with Crippen LogP contribution in [0.15, 0.2) is 0 Å². The maximum absolute atomic E-state index is 13.3. The van der Waals surface area contributed by atoms with Gasteiger partial charge in [-0.15, -0.1) is 0 Å². The third-order valence-corrected chi connectivity index (χ3v) is 4.06. The molecular weight excluding hydrogens is 449 g/mol. The van der Waals surface area contributed by atoms with E-state index in [2.05, 4.69) is 14.2 Å². The number of ether oxygens (including phenoxy) is 3. The second-order valence-electron chi connectivity index (χ2n) is 5.41. The lowest BCUT2D eigenvalue weighted by molar-refractivity contribution is -0.355. The molecule has 0 N–H and O–H groups in total. The summed E-state index contributed by atoms with van der Waals surface area (Å²) in [4.78, 5) is 22.6. The van der Waals surface area contributed by atoms with E-state index in [0.717, 1.165) is 6.92 Å². The first-order chi connectivity index (χ1) is 12.9. The highest BCUT2D eigenvalue weighted by atomic mass is 32.2. The van der Waals surface area contributed by atoms with Crippen LogP contribution in [0.4, 0.5) is 30.7 Å². The van der Waals surface area contributed by atoms with Crippen molar-refractivity contribution in [1.82, 2.24) is 0 Å². The number of rotatable bonds is 11. The Labute approximate surface area is 160 Å². The van der Waals surface area contributed by atoms with Gasteiger partial charge in [-0.25, -0.2) is 13.2 Å². The van der Waals surface area contributed by atoms with Gasteiger partial charge in [0, 0.05) is 13.3 Å². The number of carbonyl (C=O) groups is 2. The molecule has 0 radical (unpaired) electrons. The lowest BCUT2D eigenvalue weighted by atomic mass is 10.1. The smallest absolute Gasteiger partial charge is 0.468 e. The van der Waals surface area contributed by atoms with Gasteiger partial charge in [-0.1, -0.05) is 0 Å². The zero-order valence-corrected chi connectivity index (χ0v) is 15.7. The molecule has 8 nitrogen and oxygen atoms in total. The fourth-order valence-electron chi connectivity index (χ4n) is 1.81. The summed E-state index contributed by atoms with van der Waals surface area (Å²) in [5.74, 6) is -13.3. The highest BCUT2D eigenvalue weighted by molar-refractivity contribution is 7.86. The van der Waals surface area contributed by atoms with E-state index in [1.54, 1.807) is 0 Å². The minimum absolute atomic E-state index is 0.509. The van der Waals surface area contributed by atoms with Crippen molar-refractivity contribution in [2.24, 2.45) is 0 Å². The summed E-state index contributed by atoms with van der Waals surface area (Å²) in [5, 5.41) is -5.95. The third-order valence-electron chi connectivity index (χ3n) is 3.14. The van der Waals surface area contributed by atoms with Gasteiger partial charge in [0.2, 0.25) is 0 Å². The molecule has 0 aromatic heterocycles. The predicted molar refractivity (Wildman–Crippen MR) is 76.6 cm³/mol. The van der Waals surface area contributed by atoms with Crippen molar-refractivity contribution in [3.8, 4) is 0 Å². The molecule has 172 valence electrons. The summed E-state index contributed by atoms with van der Waals surface area (Å²) in [5.41, 5.74) is 0. The van der Waals surface area contributed by atoms with Crippen LogP contribution in [0.25, 0.3) is 0 Å². The molecule has 0 saturated carbocycles. The van der Waals surface area contributed by atoms with E-state index >= 15 is 0 Å². The summed E-state index contributed by atoms with van der Waals surface area (Å²) in [6.45, 7) is -0.155. The molecule has 0 aliphatic rings. The van der Waals surface area contributed by atoms with Crippen LogP contribution in [-0.2, 0) is 33.9 Å². The maximum Gasteiger partial charge on any atom is 0.468 e. The Kier molecular flexibility index (Phi) is 8.88.